The first kappa shape index (κ1) is 15.3. The standard InChI is InChI=1S/C13H19ClN4O/c1-2-3-4-7-19-12-6-5-11(14)8-10(12)9-17-18-13(15)16/h5-6,8-9H,2-4,7H2,1H3,(H4,15,16,18). The summed E-state index contributed by atoms with van der Waals surface area (Å²) in [6.07, 6.45) is 4.83. The lowest BCUT2D eigenvalue weighted by atomic mass is 10.2. The molecule has 4 N–H and O–H groups in total. The summed E-state index contributed by atoms with van der Waals surface area (Å²) in [5.41, 5.74) is 11.1. The van der Waals surface area contributed by atoms with E-state index >= 15 is 0 Å². The highest BCUT2D eigenvalue weighted by atomic mass is 35.5. The van der Waals surface area contributed by atoms with Crippen LogP contribution in [0.5, 0.6) is 5.75 Å². The fourth-order valence-corrected chi connectivity index (χ4v) is 1.62. The van der Waals surface area contributed by atoms with E-state index in [1.54, 1.807) is 12.1 Å². The lowest BCUT2D eigenvalue weighted by Crippen LogP contribution is -2.21. The minimum absolute atomic E-state index is 0.0938. The monoisotopic (exact) mass is 282 g/mol. The maximum atomic E-state index is 5.94. The number of unbranched alkanes of at least 4 members (excludes halogenated alkanes) is 2. The van der Waals surface area contributed by atoms with Crippen molar-refractivity contribution < 1.29 is 4.74 Å². The molecule has 1 rings (SSSR count). The van der Waals surface area contributed by atoms with Crippen molar-refractivity contribution in [1.82, 2.24) is 0 Å². The van der Waals surface area contributed by atoms with Crippen LogP contribution in [0.3, 0.4) is 0 Å². The second kappa shape index (κ2) is 8.37. The SMILES string of the molecule is CCCCCOc1ccc(Cl)cc1C=NN=C(N)N. The number of ether oxygens (including phenoxy) is 1. The number of rotatable bonds is 7. The van der Waals surface area contributed by atoms with Crippen LogP contribution in [0, 0.1) is 0 Å². The Morgan fingerprint density at radius 3 is 2.84 bits per heavy atom. The first-order chi connectivity index (χ1) is 9.13. The third-order valence-electron chi connectivity index (χ3n) is 2.35. The molecule has 0 radical (unpaired) electrons. The molecule has 0 saturated heterocycles. The van der Waals surface area contributed by atoms with E-state index in [9.17, 15) is 0 Å². The molecular formula is C13H19ClN4O. The van der Waals surface area contributed by atoms with Gasteiger partial charge in [0.25, 0.3) is 0 Å². The van der Waals surface area contributed by atoms with Gasteiger partial charge in [-0.05, 0) is 24.6 Å². The summed E-state index contributed by atoms with van der Waals surface area (Å²) >= 11 is 5.94. The zero-order chi connectivity index (χ0) is 14.1. The van der Waals surface area contributed by atoms with E-state index in [0.717, 1.165) is 30.6 Å². The fourth-order valence-electron chi connectivity index (χ4n) is 1.44. The van der Waals surface area contributed by atoms with Crippen LogP contribution in [-0.2, 0) is 0 Å². The zero-order valence-electron chi connectivity index (χ0n) is 11.0. The van der Waals surface area contributed by atoms with Crippen LogP contribution in [0.25, 0.3) is 0 Å². The summed E-state index contributed by atoms with van der Waals surface area (Å²) in [6.45, 7) is 2.81. The third kappa shape index (κ3) is 6.10. The molecule has 0 amide bonds. The molecule has 0 aliphatic heterocycles. The van der Waals surface area contributed by atoms with Crippen LogP contribution in [0.15, 0.2) is 28.4 Å². The molecule has 104 valence electrons. The predicted molar refractivity (Wildman–Crippen MR) is 79.9 cm³/mol. The summed E-state index contributed by atoms with van der Waals surface area (Å²) in [5.74, 6) is 0.624. The second-order valence-electron chi connectivity index (χ2n) is 4.01. The fraction of sp³-hybridized carbons (Fsp3) is 0.385. The number of halogens is 1. The van der Waals surface area contributed by atoms with E-state index in [0.29, 0.717) is 11.6 Å². The molecule has 0 spiro atoms. The van der Waals surface area contributed by atoms with Gasteiger partial charge in [-0.1, -0.05) is 31.4 Å². The van der Waals surface area contributed by atoms with E-state index < -0.39 is 0 Å². The maximum absolute atomic E-state index is 5.94. The highest BCUT2D eigenvalue weighted by Crippen LogP contribution is 2.21. The van der Waals surface area contributed by atoms with E-state index in [1.165, 1.54) is 6.21 Å². The van der Waals surface area contributed by atoms with Crippen molar-refractivity contribution in [2.75, 3.05) is 6.61 Å². The van der Waals surface area contributed by atoms with Gasteiger partial charge < -0.3 is 16.2 Å². The molecule has 0 bridgehead atoms. The molecule has 6 heteroatoms. The van der Waals surface area contributed by atoms with Gasteiger partial charge in [-0.25, -0.2) is 0 Å². The summed E-state index contributed by atoms with van der Waals surface area (Å²) in [6, 6.07) is 5.34. The topological polar surface area (TPSA) is 86.0 Å². The largest absolute Gasteiger partial charge is 0.493 e. The molecule has 5 nitrogen and oxygen atoms in total. The number of benzene rings is 1. The smallest absolute Gasteiger partial charge is 0.211 e. The normalized spacial score (nSPS) is 10.6. The molecule has 0 unspecified atom stereocenters. The lowest BCUT2D eigenvalue weighted by molar-refractivity contribution is 0.306. The molecule has 1 aromatic carbocycles. The van der Waals surface area contributed by atoms with Crippen molar-refractivity contribution in [2.24, 2.45) is 21.7 Å². The minimum Gasteiger partial charge on any atom is -0.493 e. The van der Waals surface area contributed by atoms with Crippen molar-refractivity contribution >= 4 is 23.8 Å². The van der Waals surface area contributed by atoms with Crippen molar-refractivity contribution in [3.63, 3.8) is 0 Å². The molecule has 0 saturated carbocycles. The quantitative estimate of drug-likeness (QED) is 0.349. The molecule has 0 fully saturated rings. The Morgan fingerprint density at radius 2 is 2.16 bits per heavy atom. The number of hydrogen-bond donors (Lipinski definition) is 2. The molecule has 1 aromatic rings. The highest BCUT2D eigenvalue weighted by molar-refractivity contribution is 6.30. The van der Waals surface area contributed by atoms with Gasteiger partial charge in [-0.3, -0.25) is 0 Å². The first-order valence-electron chi connectivity index (χ1n) is 6.17. The van der Waals surface area contributed by atoms with Gasteiger partial charge in [0.15, 0.2) is 0 Å². The van der Waals surface area contributed by atoms with Crippen molar-refractivity contribution in [1.29, 1.82) is 0 Å². The van der Waals surface area contributed by atoms with Crippen LogP contribution in [-0.4, -0.2) is 18.8 Å². The van der Waals surface area contributed by atoms with Gasteiger partial charge in [0.05, 0.1) is 12.8 Å². The van der Waals surface area contributed by atoms with Crippen LogP contribution >= 0.6 is 11.6 Å². The third-order valence-corrected chi connectivity index (χ3v) is 2.58. The Balaban J connectivity index is 2.74. The van der Waals surface area contributed by atoms with Crippen molar-refractivity contribution in [3.8, 4) is 5.75 Å². The van der Waals surface area contributed by atoms with Gasteiger partial charge in [-0.2, -0.15) is 5.10 Å². The van der Waals surface area contributed by atoms with Crippen molar-refractivity contribution in [2.45, 2.75) is 26.2 Å². The van der Waals surface area contributed by atoms with E-state index in [2.05, 4.69) is 17.1 Å². The zero-order valence-corrected chi connectivity index (χ0v) is 11.7. The molecule has 19 heavy (non-hydrogen) atoms. The van der Waals surface area contributed by atoms with E-state index in [4.69, 9.17) is 27.8 Å². The summed E-state index contributed by atoms with van der Waals surface area (Å²) < 4.78 is 5.69. The van der Waals surface area contributed by atoms with E-state index in [1.807, 2.05) is 6.07 Å². The summed E-state index contributed by atoms with van der Waals surface area (Å²) in [4.78, 5) is 0. The molecule has 0 aliphatic rings. The average molecular weight is 283 g/mol. The first-order valence-corrected chi connectivity index (χ1v) is 6.55. The second-order valence-corrected chi connectivity index (χ2v) is 4.44. The van der Waals surface area contributed by atoms with Crippen LogP contribution < -0.4 is 16.2 Å². The Labute approximate surface area is 118 Å². The Bertz CT molecular complexity index is 456. The lowest BCUT2D eigenvalue weighted by Gasteiger charge is -2.08. The van der Waals surface area contributed by atoms with Crippen molar-refractivity contribution in [3.05, 3.63) is 28.8 Å². The molecule has 0 atom stereocenters. The number of nitrogens with two attached hydrogens (primary N) is 2. The Morgan fingerprint density at radius 1 is 1.37 bits per heavy atom. The minimum atomic E-state index is -0.0938. The summed E-state index contributed by atoms with van der Waals surface area (Å²) in [5, 5.41) is 7.91. The molecule has 0 heterocycles. The number of guanidine groups is 1. The Kier molecular flexibility index (Phi) is 6.74. The van der Waals surface area contributed by atoms with Gasteiger partial charge in [-0.15, -0.1) is 5.10 Å². The average Bonchev–Trinajstić information content (AvgIpc) is 2.36. The maximum Gasteiger partial charge on any atom is 0.211 e. The van der Waals surface area contributed by atoms with E-state index in [-0.39, 0.29) is 5.96 Å². The highest BCUT2D eigenvalue weighted by Gasteiger charge is 2.02. The van der Waals surface area contributed by atoms with Crippen LogP contribution in [0.4, 0.5) is 0 Å². The predicted octanol–water partition coefficient (Wildman–Crippen LogP) is 2.52. The van der Waals surface area contributed by atoms with Gasteiger partial charge >= 0.3 is 0 Å². The number of hydrogen-bond acceptors (Lipinski definition) is 3. The summed E-state index contributed by atoms with van der Waals surface area (Å²) in [7, 11) is 0. The molecule has 0 aliphatic carbocycles. The Hall–Kier alpha value is -1.75. The van der Waals surface area contributed by atoms with Crippen LogP contribution in [0.1, 0.15) is 31.7 Å². The van der Waals surface area contributed by atoms with Gasteiger partial charge in [0.1, 0.15) is 5.75 Å². The van der Waals surface area contributed by atoms with Gasteiger partial charge in [0.2, 0.25) is 5.96 Å². The molecule has 0 aromatic heterocycles. The van der Waals surface area contributed by atoms with Gasteiger partial charge in [0, 0.05) is 10.6 Å². The number of nitrogens with zero attached hydrogens (tertiary/aromatic N) is 2. The molecular weight excluding hydrogens is 264 g/mol. The van der Waals surface area contributed by atoms with Crippen LogP contribution in [0.2, 0.25) is 5.02 Å².